The van der Waals surface area contributed by atoms with E-state index in [-0.39, 0.29) is 5.41 Å². The topological polar surface area (TPSA) is 42.5 Å². The molecule has 4 saturated carbocycles. The molecule has 4 heteroatoms. The lowest BCUT2D eigenvalue weighted by molar-refractivity contribution is -0.0936. The highest BCUT2D eigenvalue weighted by atomic mass is 15.3. The second-order valence-corrected chi connectivity index (χ2v) is 11.0. The van der Waals surface area contributed by atoms with Gasteiger partial charge in [0.15, 0.2) is 0 Å². The van der Waals surface area contributed by atoms with E-state index in [1.165, 1.54) is 63.5 Å². The van der Waals surface area contributed by atoms with Gasteiger partial charge in [0.25, 0.3) is 0 Å². The molecule has 0 N–H and O–H groups in total. The average molecular weight is 395 g/mol. The molecule has 1 aromatic heterocycles. The first-order chi connectivity index (χ1) is 13.9. The highest BCUT2D eigenvalue weighted by molar-refractivity contribution is 5.93. The molecule has 1 heterocycles. The molecule has 5 rings (SSSR count). The van der Waals surface area contributed by atoms with Gasteiger partial charge < -0.3 is 0 Å². The van der Waals surface area contributed by atoms with Gasteiger partial charge in [0.1, 0.15) is 0 Å². The minimum atomic E-state index is 0.278. The van der Waals surface area contributed by atoms with Gasteiger partial charge in [-0.25, -0.2) is 0 Å². The molecule has 4 aliphatic carbocycles. The number of hydrogen-bond donors (Lipinski definition) is 0. The molecule has 0 radical (unpaired) electrons. The first-order valence-corrected chi connectivity index (χ1v) is 12.0. The zero-order valence-corrected chi connectivity index (χ0v) is 18.8. The summed E-state index contributed by atoms with van der Waals surface area (Å²) in [6.07, 6.45) is 18.0. The SMILES string of the molecule is Cc1nn(C)cc1/C=N\N=C1\CC[C@@H]2[C@H]3CC[C@@H]4CCCC[C@]4(C)[C@@H]3CC[C@@]12C. The van der Waals surface area contributed by atoms with Crippen LogP contribution < -0.4 is 0 Å². The Morgan fingerprint density at radius 3 is 2.72 bits per heavy atom. The standard InChI is InChI=1S/C25H38N4/c1-17-18(16-29(4)28-17)15-26-27-23-11-10-21-20-9-8-19-7-5-6-13-24(19,2)22(20)12-14-25(21,23)3/h15-16,19-22H,5-14H2,1-4H3/b26-15-,27-23-/t19-,20+,21+,22+,24-,25+/m0/s1. The van der Waals surface area contributed by atoms with Crippen molar-refractivity contribution in [2.45, 2.75) is 85.0 Å². The molecular formula is C25H38N4. The second-order valence-electron chi connectivity index (χ2n) is 11.0. The van der Waals surface area contributed by atoms with Crippen molar-refractivity contribution in [1.29, 1.82) is 0 Å². The number of nitrogens with zero attached hydrogens (tertiary/aromatic N) is 4. The number of aryl methyl sites for hydroxylation is 2. The van der Waals surface area contributed by atoms with Crippen LogP contribution in [0.2, 0.25) is 0 Å². The summed E-state index contributed by atoms with van der Waals surface area (Å²) in [5.41, 5.74) is 4.36. The van der Waals surface area contributed by atoms with E-state index in [1.807, 2.05) is 31.1 Å². The van der Waals surface area contributed by atoms with Crippen molar-refractivity contribution >= 4 is 11.9 Å². The second kappa shape index (κ2) is 7.06. The van der Waals surface area contributed by atoms with Gasteiger partial charge in [-0.15, -0.1) is 0 Å². The highest BCUT2D eigenvalue weighted by Gasteiger charge is 2.58. The van der Waals surface area contributed by atoms with Gasteiger partial charge in [0.2, 0.25) is 0 Å². The monoisotopic (exact) mass is 394 g/mol. The predicted molar refractivity (Wildman–Crippen MR) is 119 cm³/mol. The number of hydrogen-bond acceptors (Lipinski definition) is 3. The van der Waals surface area contributed by atoms with E-state index < -0.39 is 0 Å². The van der Waals surface area contributed by atoms with Gasteiger partial charge >= 0.3 is 0 Å². The normalized spacial score (nSPS) is 43.4. The van der Waals surface area contributed by atoms with Crippen LogP contribution in [0.15, 0.2) is 16.4 Å². The lowest BCUT2D eigenvalue weighted by Gasteiger charge is -2.59. The van der Waals surface area contributed by atoms with Crippen LogP contribution >= 0.6 is 0 Å². The number of aromatic nitrogens is 2. The summed E-state index contributed by atoms with van der Waals surface area (Å²) in [7, 11) is 1.96. The third-order valence-electron chi connectivity index (χ3n) is 9.75. The van der Waals surface area contributed by atoms with Crippen molar-refractivity contribution in [1.82, 2.24) is 9.78 Å². The lowest BCUT2D eigenvalue weighted by Crippen LogP contribution is -2.52. The quantitative estimate of drug-likeness (QED) is 0.452. The van der Waals surface area contributed by atoms with Gasteiger partial charge in [-0.2, -0.15) is 15.3 Å². The molecule has 0 aromatic carbocycles. The maximum atomic E-state index is 4.81. The fourth-order valence-corrected chi connectivity index (χ4v) is 8.15. The van der Waals surface area contributed by atoms with Crippen molar-refractivity contribution < 1.29 is 0 Å². The van der Waals surface area contributed by atoms with Crippen molar-refractivity contribution in [2.24, 2.45) is 51.8 Å². The van der Waals surface area contributed by atoms with E-state index in [1.54, 1.807) is 0 Å². The molecule has 4 aliphatic rings. The Bertz CT molecular complexity index is 836. The summed E-state index contributed by atoms with van der Waals surface area (Å²) in [5.74, 6) is 3.71. The van der Waals surface area contributed by atoms with Crippen LogP contribution in [-0.4, -0.2) is 21.7 Å². The minimum Gasteiger partial charge on any atom is -0.275 e. The van der Waals surface area contributed by atoms with E-state index in [9.17, 15) is 0 Å². The minimum absolute atomic E-state index is 0.278. The molecule has 6 atom stereocenters. The third-order valence-corrected chi connectivity index (χ3v) is 9.75. The predicted octanol–water partition coefficient (Wildman–Crippen LogP) is 5.94. The maximum Gasteiger partial charge on any atom is 0.0682 e. The van der Waals surface area contributed by atoms with Crippen molar-refractivity contribution in [3.05, 3.63) is 17.5 Å². The molecule has 0 unspecified atom stereocenters. The average Bonchev–Trinajstić information content (AvgIpc) is 3.19. The van der Waals surface area contributed by atoms with Crippen molar-refractivity contribution in [2.75, 3.05) is 0 Å². The van der Waals surface area contributed by atoms with Gasteiger partial charge in [-0.3, -0.25) is 4.68 Å². The molecule has 1 aromatic rings. The summed E-state index contributed by atoms with van der Waals surface area (Å²) in [4.78, 5) is 0. The van der Waals surface area contributed by atoms with E-state index in [0.717, 1.165) is 41.3 Å². The van der Waals surface area contributed by atoms with E-state index in [4.69, 9.17) is 5.10 Å². The first kappa shape index (κ1) is 19.5. The largest absolute Gasteiger partial charge is 0.275 e. The van der Waals surface area contributed by atoms with E-state index in [2.05, 4.69) is 24.0 Å². The summed E-state index contributed by atoms with van der Waals surface area (Å²) in [6, 6.07) is 0. The van der Waals surface area contributed by atoms with Crippen LogP contribution in [0.1, 0.15) is 89.3 Å². The molecular weight excluding hydrogens is 356 g/mol. The van der Waals surface area contributed by atoms with Crippen molar-refractivity contribution in [3.8, 4) is 0 Å². The Kier molecular flexibility index (Phi) is 4.75. The molecule has 4 fully saturated rings. The summed E-state index contributed by atoms with van der Waals surface area (Å²) in [5, 5.41) is 13.7. The first-order valence-electron chi connectivity index (χ1n) is 12.0. The van der Waals surface area contributed by atoms with Crippen LogP contribution in [0.25, 0.3) is 0 Å². The molecule has 29 heavy (non-hydrogen) atoms. The van der Waals surface area contributed by atoms with Gasteiger partial charge in [0, 0.05) is 29.9 Å². The molecule has 4 nitrogen and oxygen atoms in total. The fourth-order valence-electron chi connectivity index (χ4n) is 8.15. The highest BCUT2D eigenvalue weighted by Crippen LogP contribution is 2.65. The summed E-state index contributed by atoms with van der Waals surface area (Å²) in [6.45, 7) is 7.21. The zero-order chi connectivity index (χ0) is 20.2. The summed E-state index contributed by atoms with van der Waals surface area (Å²) < 4.78 is 1.85. The molecule has 0 aliphatic heterocycles. The van der Waals surface area contributed by atoms with Gasteiger partial charge in [0.05, 0.1) is 11.9 Å². The van der Waals surface area contributed by atoms with E-state index in [0.29, 0.717) is 5.41 Å². The third kappa shape index (κ3) is 3.04. The smallest absolute Gasteiger partial charge is 0.0682 e. The molecule has 0 saturated heterocycles. The van der Waals surface area contributed by atoms with Crippen LogP contribution in [0.3, 0.4) is 0 Å². The molecule has 0 amide bonds. The number of rotatable bonds is 2. The molecule has 0 bridgehead atoms. The Hall–Kier alpha value is -1.45. The maximum absolute atomic E-state index is 4.81. The Balaban J connectivity index is 1.37. The number of fused-ring (bicyclic) bond motifs is 5. The van der Waals surface area contributed by atoms with Crippen molar-refractivity contribution in [3.63, 3.8) is 0 Å². The van der Waals surface area contributed by atoms with Crippen LogP contribution in [0, 0.1) is 41.4 Å². The van der Waals surface area contributed by atoms with Gasteiger partial charge in [-0.05, 0) is 87.4 Å². The summed E-state index contributed by atoms with van der Waals surface area (Å²) >= 11 is 0. The van der Waals surface area contributed by atoms with Gasteiger partial charge in [-0.1, -0.05) is 26.7 Å². The Morgan fingerprint density at radius 2 is 1.93 bits per heavy atom. The van der Waals surface area contributed by atoms with Crippen LogP contribution in [-0.2, 0) is 7.05 Å². The van der Waals surface area contributed by atoms with Crippen LogP contribution in [0.4, 0.5) is 0 Å². The zero-order valence-electron chi connectivity index (χ0n) is 18.8. The molecule has 0 spiro atoms. The Labute approximate surface area is 176 Å². The molecule has 158 valence electrons. The Morgan fingerprint density at radius 1 is 1.07 bits per heavy atom. The fraction of sp³-hybridized carbons (Fsp3) is 0.800. The lowest BCUT2D eigenvalue weighted by atomic mass is 9.45. The van der Waals surface area contributed by atoms with E-state index >= 15 is 0 Å². The van der Waals surface area contributed by atoms with Crippen LogP contribution in [0.5, 0.6) is 0 Å².